The normalized spacial score (nSPS) is 16.2. The van der Waals surface area contributed by atoms with E-state index in [0.717, 1.165) is 12.2 Å². The summed E-state index contributed by atoms with van der Waals surface area (Å²) in [5, 5.41) is 13.6. The number of aromatic nitrogens is 2. The summed E-state index contributed by atoms with van der Waals surface area (Å²) in [6, 6.07) is 1.18. The van der Waals surface area contributed by atoms with E-state index in [1.807, 2.05) is 4.68 Å². The molecule has 5 heteroatoms. The van der Waals surface area contributed by atoms with Crippen molar-refractivity contribution >= 4 is 8.07 Å². The summed E-state index contributed by atoms with van der Waals surface area (Å²) in [6.45, 7) is 8.47. The van der Waals surface area contributed by atoms with Gasteiger partial charge in [0.05, 0.1) is 12.8 Å². The van der Waals surface area contributed by atoms with E-state index in [4.69, 9.17) is 4.74 Å². The van der Waals surface area contributed by atoms with Gasteiger partial charge in [0, 0.05) is 31.9 Å². The van der Waals surface area contributed by atoms with Gasteiger partial charge >= 0.3 is 0 Å². The van der Waals surface area contributed by atoms with Gasteiger partial charge in [-0.15, -0.1) is 0 Å². The smallest absolute Gasteiger partial charge is 0.139 e. The van der Waals surface area contributed by atoms with E-state index in [0.29, 0.717) is 12.6 Å². The number of aliphatic hydroxyl groups excluding tert-OH is 1. The molecule has 1 aromatic rings. The number of ether oxygens (including phenoxy) is 1. The quantitative estimate of drug-likeness (QED) is 0.611. The van der Waals surface area contributed by atoms with Gasteiger partial charge in [0.25, 0.3) is 0 Å². The van der Waals surface area contributed by atoms with E-state index in [1.54, 1.807) is 6.20 Å². The minimum atomic E-state index is -1.01. The maximum atomic E-state index is 9.30. The lowest BCUT2D eigenvalue weighted by atomic mass is 10.2. The Balaban J connectivity index is 1.87. The van der Waals surface area contributed by atoms with Crippen LogP contribution in [0.15, 0.2) is 6.20 Å². The van der Waals surface area contributed by atoms with Gasteiger partial charge in [-0.2, -0.15) is 5.10 Å². The summed E-state index contributed by atoms with van der Waals surface area (Å²) in [7, 11) is -1.01. The highest BCUT2D eigenvalue weighted by Crippen LogP contribution is 2.41. The van der Waals surface area contributed by atoms with Crippen LogP contribution in [-0.2, 0) is 18.1 Å². The molecule has 0 radical (unpaired) electrons. The molecule has 2 rings (SSSR count). The fourth-order valence-corrected chi connectivity index (χ4v) is 2.77. The van der Waals surface area contributed by atoms with Gasteiger partial charge in [-0.25, -0.2) is 4.68 Å². The maximum absolute atomic E-state index is 9.30. The SMILES string of the molecule is C[Si](C)(C)CCOCn1ncc(CO)c1C1CC1. The zero-order valence-corrected chi connectivity index (χ0v) is 12.6. The lowest BCUT2D eigenvalue weighted by Crippen LogP contribution is -2.22. The van der Waals surface area contributed by atoms with Gasteiger partial charge in [-0.3, -0.25) is 0 Å². The molecule has 1 fully saturated rings. The van der Waals surface area contributed by atoms with E-state index in [2.05, 4.69) is 24.7 Å². The first-order chi connectivity index (χ1) is 8.51. The largest absolute Gasteiger partial charge is 0.392 e. The molecule has 102 valence electrons. The van der Waals surface area contributed by atoms with Crippen molar-refractivity contribution in [2.24, 2.45) is 0 Å². The van der Waals surface area contributed by atoms with Crippen LogP contribution < -0.4 is 0 Å². The van der Waals surface area contributed by atoms with Crippen LogP contribution in [0.2, 0.25) is 25.7 Å². The molecule has 0 saturated heterocycles. The van der Waals surface area contributed by atoms with Crippen LogP contribution in [0.1, 0.15) is 30.0 Å². The minimum absolute atomic E-state index is 0.0841. The number of aliphatic hydroxyl groups is 1. The molecule has 1 aliphatic carbocycles. The van der Waals surface area contributed by atoms with E-state index < -0.39 is 8.07 Å². The molecule has 0 amide bonds. The zero-order chi connectivity index (χ0) is 13.2. The van der Waals surface area contributed by atoms with Crippen LogP contribution >= 0.6 is 0 Å². The third-order valence-corrected chi connectivity index (χ3v) is 5.01. The monoisotopic (exact) mass is 268 g/mol. The minimum Gasteiger partial charge on any atom is -0.392 e. The molecule has 1 N–H and O–H groups in total. The Morgan fingerprint density at radius 2 is 2.17 bits per heavy atom. The Bertz CT molecular complexity index is 394. The average molecular weight is 268 g/mol. The molecule has 0 unspecified atom stereocenters. The average Bonchev–Trinajstić information content (AvgIpc) is 3.04. The second-order valence-corrected chi connectivity index (χ2v) is 12.0. The van der Waals surface area contributed by atoms with Gasteiger partial charge in [0.1, 0.15) is 6.73 Å². The molecule has 1 aromatic heterocycles. The fraction of sp³-hybridized carbons (Fsp3) is 0.769. The van der Waals surface area contributed by atoms with Crippen LogP contribution in [0.5, 0.6) is 0 Å². The highest BCUT2D eigenvalue weighted by atomic mass is 28.3. The van der Waals surface area contributed by atoms with Gasteiger partial charge in [0.2, 0.25) is 0 Å². The summed E-state index contributed by atoms with van der Waals surface area (Å²) in [5.41, 5.74) is 2.15. The van der Waals surface area contributed by atoms with Crippen molar-refractivity contribution in [3.63, 3.8) is 0 Å². The van der Waals surface area contributed by atoms with Gasteiger partial charge in [0.15, 0.2) is 0 Å². The van der Waals surface area contributed by atoms with E-state index in [-0.39, 0.29) is 6.61 Å². The Morgan fingerprint density at radius 3 is 2.72 bits per heavy atom. The van der Waals surface area contributed by atoms with E-state index in [1.165, 1.54) is 24.6 Å². The second kappa shape index (κ2) is 5.55. The number of rotatable bonds is 7. The number of hydrogen-bond acceptors (Lipinski definition) is 3. The first-order valence-electron chi connectivity index (χ1n) is 6.74. The van der Waals surface area contributed by atoms with Gasteiger partial charge in [-0.05, 0) is 18.9 Å². The van der Waals surface area contributed by atoms with Crippen molar-refractivity contribution in [3.05, 3.63) is 17.5 Å². The molecule has 4 nitrogen and oxygen atoms in total. The molecule has 0 bridgehead atoms. The first-order valence-corrected chi connectivity index (χ1v) is 10.4. The predicted octanol–water partition coefficient (Wildman–Crippen LogP) is 2.57. The lowest BCUT2D eigenvalue weighted by molar-refractivity contribution is 0.0763. The Morgan fingerprint density at radius 1 is 1.44 bits per heavy atom. The Hall–Kier alpha value is -0.653. The predicted molar refractivity (Wildman–Crippen MR) is 74.2 cm³/mol. The lowest BCUT2D eigenvalue weighted by Gasteiger charge is -2.16. The van der Waals surface area contributed by atoms with Gasteiger partial charge in [-0.1, -0.05) is 19.6 Å². The molecule has 0 aromatic carbocycles. The van der Waals surface area contributed by atoms with Crippen LogP contribution in [0.25, 0.3) is 0 Å². The topological polar surface area (TPSA) is 47.3 Å². The highest BCUT2D eigenvalue weighted by Gasteiger charge is 2.29. The molecule has 0 aliphatic heterocycles. The molecule has 0 atom stereocenters. The molecule has 1 heterocycles. The Labute approximate surface area is 110 Å². The second-order valence-electron chi connectivity index (χ2n) is 6.33. The maximum Gasteiger partial charge on any atom is 0.139 e. The third kappa shape index (κ3) is 3.67. The summed E-state index contributed by atoms with van der Waals surface area (Å²) in [5.74, 6) is 0.593. The van der Waals surface area contributed by atoms with E-state index >= 15 is 0 Å². The number of hydrogen-bond donors (Lipinski definition) is 1. The standard InChI is InChI=1S/C13H24N2O2Si/c1-18(2,3)7-6-17-10-15-13(11-4-5-11)12(9-16)8-14-15/h8,11,16H,4-7,9-10H2,1-3H3. The summed E-state index contributed by atoms with van der Waals surface area (Å²) in [6.07, 6.45) is 4.21. The van der Waals surface area contributed by atoms with Crippen molar-refractivity contribution in [3.8, 4) is 0 Å². The van der Waals surface area contributed by atoms with Crippen LogP contribution in [0.3, 0.4) is 0 Å². The zero-order valence-electron chi connectivity index (χ0n) is 11.6. The molecule has 1 aliphatic rings. The van der Waals surface area contributed by atoms with Crippen molar-refractivity contribution in [1.29, 1.82) is 0 Å². The molecule has 1 saturated carbocycles. The molecular weight excluding hydrogens is 244 g/mol. The molecule has 0 spiro atoms. The number of nitrogens with zero attached hydrogens (tertiary/aromatic N) is 2. The van der Waals surface area contributed by atoms with Gasteiger partial charge < -0.3 is 9.84 Å². The van der Waals surface area contributed by atoms with E-state index in [9.17, 15) is 5.11 Å². The van der Waals surface area contributed by atoms with Crippen molar-refractivity contribution in [2.75, 3.05) is 6.61 Å². The summed E-state index contributed by atoms with van der Waals surface area (Å²) < 4.78 is 7.65. The van der Waals surface area contributed by atoms with Crippen LogP contribution in [-0.4, -0.2) is 29.6 Å². The Kier molecular flexibility index (Phi) is 4.24. The molecular formula is C13H24N2O2Si. The third-order valence-electron chi connectivity index (χ3n) is 3.30. The van der Waals surface area contributed by atoms with Crippen LogP contribution in [0, 0.1) is 0 Å². The van der Waals surface area contributed by atoms with Crippen molar-refractivity contribution < 1.29 is 9.84 Å². The van der Waals surface area contributed by atoms with Crippen LogP contribution in [0.4, 0.5) is 0 Å². The summed E-state index contributed by atoms with van der Waals surface area (Å²) in [4.78, 5) is 0. The summed E-state index contributed by atoms with van der Waals surface area (Å²) >= 11 is 0. The van der Waals surface area contributed by atoms with Crippen molar-refractivity contribution in [1.82, 2.24) is 9.78 Å². The fourth-order valence-electron chi connectivity index (χ4n) is 2.02. The van der Waals surface area contributed by atoms with Crippen molar-refractivity contribution in [2.45, 2.75) is 57.8 Å². The molecule has 18 heavy (non-hydrogen) atoms. The first kappa shape index (κ1) is 13.8. The highest BCUT2D eigenvalue weighted by molar-refractivity contribution is 6.76.